The summed E-state index contributed by atoms with van der Waals surface area (Å²) in [4.78, 5) is 11.1. The summed E-state index contributed by atoms with van der Waals surface area (Å²) in [7, 11) is -3.79. The fourth-order valence-electron chi connectivity index (χ4n) is 1.79. The topological polar surface area (TPSA) is 86.7 Å². The Morgan fingerprint density at radius 2 is 2.06 bits per heavy atom. The maximum Gasteiger partial charge on any atom is 0.322 e. The van der Waals surface area contributed by atoms with Gasteiger partial charge in [0.2, 0.25) is 0 Å². The molecule has 106 valence electrons. The van der Waals surface area contributed by atoms with Crippen molar-refractivity contribution in [1.29, 1.82) is 0 Å². The van der Waals surface area contributed by atoms with E-state index in [1.807, 2.05) is 6.92 Å². The summed E-state index contributed by atoms with van der Waals surface area (Å²) in [6.45, 7) is 7.03. The van der Waals surface area contributed by atoms with Gasteiger partial charge in [-0.25, -0.2) is 0 Å². The van der Waals surface area contributed by atoms with Crippen LogP contribution in [-0.4, -0.2) is 46.5 Å². The molecule has 1 fully saturated rings. The van der Waals surface area contributed by atoms with Crippen molar-refractivity contribution < 1.29 is 18.3 Å². The van der Waals surface area contributed by atoms with Gasteiger partial charge in [-0.1, -0.05) is 6.92 Å². The molecule has 2 unspecified atom stereocenters. The first kappa shape index (κ1) is 15.7. The molecule has 0 radical (unpaired) electrons. The summed E-state index contributed by atoms with van der Waals surface area (Å²) >= 11 is 1.37. The minimum Gasteiger partial charge on any atom is -0.480 e. The first-order chi connectivity index (χ1) is 8.08. The monoisotopic (exact) mass is 296 g/mol. The van der Waals surface area contributed by atoms with E-state index in [1.165, 1.54) is 11.8 Å². The average molecular weight is 296 g/mol. The first-order valence-electron chi connectivity index (χ1n) is 5.75. The zero-order valence-corrected chi connectivity index (χ0v) is 12.6. The predicted molar refractivity (Wildman–Crippen MR) is 71.6 cm³/mol. The van der Waals surface area contributed by atoms with Crippen molar-refractivity contribution in [3.63, 3.8) is 0 Å². The van der Waals surface area contributed by atoms with Crippen molar-refractivity contribution in [3.05, 3.63) is 0 Å². The summed E-state index contributed by atoms with van der Waals surface area (Å²) in [5.74, 6) is -0.809. The Kier molecular flexibility index (Phi) is 4.69. The fourth-order valence-corrected chi connectivity index (χ4v) is 5.48. The van der Waals surface area contributed by atoms with Crippen molar-refractivity contribution in [1.82, 2.24) is 9.03 Å². The van der Waals surface area contributed by atoms with Crippen molar-refractivity contribution in [2.45, 2.75) is 51.1 Å². The minimum atomic E-state index is -3.79. The second-order valence-corrected chi connectivity index (χ2v) is 8.02. The Morgan fingerprint density at radius 1 is 1.50 bits per heavy atom. The number of carbonyl (C=O) groups is 1. The maximum atomic E-state index is 12.3. The van der Waals surface area contributed by atoms with Crippen molar-refractivity contribution >= 4 is 27.9 Å². The quantitative estimate of drug-likeness (QED) is 0.803. The first-order valence-corrected chi connectivity index (χ1v) is 8.24. The molecule has 0 spiro atoms. The molecule has 1 saturated heterocycles. The van der Waals surface area contributed by atoms with E-state index < -0.39 is 27.8 Å². The third-order valence-corrected chi connectivity index (χ3v) is 5.91. The van der Waals surface area contributed by atoms with E-state index >= 15 is 0 Å². The second-order valence-electron chi connectivity index (χ2n) is 5.24. The summed E-state index contributed by atoms with van der Waals surface area (Å²) in [6, 6.07) is -0.986. The van der Waals surface area contributed by atoms with E-state index in [1.54, 1.807) is 20.8 Å². The highest BCUT2D eigenvalue weighted by Crippen LogP contribution is 2.33. The highest BCUT2D eigenvalue weighted by molar-refractivity contribution is 8.01. The molecule has 0 amide bonds. The molecule has 0 aliphatic carbocycles. The van der Waals surface area contributed by atoms with Gasteiger partial charge in [0.25, 0.3) is 10.2 Å². The second kappa shape index (κ2) is 5.36. The Hall–Kier alpha value is -0.310. The van der Waals surface area contributed by atoms with Crippen LogP contribution in [0.15, 0.2) is 0 Å². The van der Waals surface area contributed by atoms with E-state index in [-0.39, 0.29) is 5.37 Å². The molecule has 0 aromatic heterocycles. The zero-order valence-electron chi connectivity index (χ0n) is 11.0. The molecule has 8 heteroatoms. The van der Waals surface area contributed by atoms with Crippen molar-refractivity contribution in [3.8, 4) is 0 Å². The van der Waals surface area contributed by atoms with Gasteiger partial charge in [0.05, 0.1) is 5.37 Å². The van der Waals surface area contributed by atoms with Crippen LogP contribution in [0.3, 0.4) is 0 Å². The van der Waals surface area contributed by atoms with E-state index in [9.17, 15) is 13.2 Å². The van der Waals surface area contributed by atoms with Crippen molar-refractivity contribution in [2.24, 2.45) is 0 Å². The number of nitrogens with zero attached hydrogens (tertiary/aromatic N) is 1. The van der Waals surface area contributed by atoms with E-state index in [2.05, 4.69) is 4.72 Å². The maximum absolute atomic E-state index is 12.3. The van der Waals surface area contributed by atoms with E-state index in [0.717, 1.165) is 4.31 Å². The van der Waals surface area contributed by atoms with Gasteiger partial charge >= 0.3 is 5.97 Å². The molecule has 1 heterocycles. The molecule has 1 aliphatic heterocycles. The summed E-state index contributed by atoms with van der Waals surface area (Å²) in [5, 5.41) is 8.80. The molecule has 0 aromatic rings. The van der Waals surface area contributed by atoms with E-state index in [0.29, 0.717) is 12.2 Å². The van der Waals surface area contributed by atoms with Gasteiger partial charge in [-0.05, 0) is 27.2 Å². The highest BCUT2D eigenvalue weighted by Gasteiger charge is 2.45. The van der Waals surface area contributed by atoms with Gasteiger partial charge < -0.3 is 5.11 Å². The van der Waals surface area contributed by atoms with Crippen molar-refractivity contribution in [2.75, 3.05) is 5.75 Å². The number of carboxylic acid groups (broad SMARTS) is 1. The number of aliphatic carboxylic acids is 1. The normalized spacial score (nSPS) is 26.4. The fraction of sp³-hybridized carbons (Fsp3) is 0.900. The van der Waals surface area contributed by atoms with Crippen LogP contribution in [0, 0.1) is 0 Å². The Bertz CT molecular complexity index is 416. The van der Waals surface area contributed by atoms with Crippen LogP contribution in [0.5, 0.6) is 0 Å². The number of rotatable bonds is 4. The molecular weight excluding hydrogens is 276 g/mol. The molecule has 2 N–H and O–H groups in total. The lowest BCUT2D eigenvalue weighted by molar-refractivity contribution is -0.140. The van der Waals surface area contributed by atoms with Gasteiger partial charge in [-0.3, -0.25) is 4.79 Å². The predicted octanol–water partition coefficient (Wildman–Crippen LogP) is 0.857. The minimum absolute atomic E-state index is 0.291. The Labute approximate surface area is 112 Å². The molecule has 0 bridgehead atoms. The van der Waals surface area contributed by atoms with Gasteiger partial charge in [-0.2, -0.15) is 17.4 Å². The van der Waals surface area contributed by atoms with Crippen LogP contribution in [0.2, 0.25) is 0 Å². The van der Waals surface area contributed by atoms with Gasteiger partial charge in [0, 0.05) is 11.3 Å². The smallest absolute Gasteiger partial charge is 0.322 e. The van der Waals surface area contributed by atoms with Crippen LogP contribution in [0.1, 0.15) is 34.1 Å². The number of nitrogens with one attached hydrogen (secondary N) is 1. The lowest BCUT2D eigenvalue weighted by Gasteiger charge is -2.30. The molecule has 0 aromatic carbocycles. The standard InChI is InChI=1S/C10H20N2O4S2/c1-5-8-12(7(6-17-8)9(13)14)18(15,16)11-10(2,3)4/h7-8,11H,5-6H2,1-4H3,(H,13,14). The molecule has 1 aliphatic rings. The zero-order chi connectivity index (χ0) is 14.1. The molecule has 18 heavy (non-hydrogen) atoms. The molecule has 2 atom stereocenters. The number of hydrogen-bond donors (Lipinski definition) is 2. The van der Waals surface area contributed by atoms with Gasteiger partial charge in [0.1, 0.15) is 6.04 Å². The molecule has 6 nitrogen and oxygen atoms in total. The summed E-state index contributed by atoms with van der Waals surface area (Å²) in [6.07, 6.45) is 0.583. The van der Waals surface area contributed by atoms with Gasteiger partial charge in [0.15, 0.2) is 0 Å². The largest absolute Gasteiger partial charge is 0.480 e. The number of thioether (sulfide) groups is 1. The molecule has 1 rings (SSSR count). The van der Waals surface area contributed by atoms with Crippen LogP contribution in [0.25, 0.3) is 0 Å². The number of carboxylic acids is 1. The van der Waals surface area contributed by atoms with Crippen LogP contribution in [0.4, 0.5) is 0 Å². The molecular formula is C10H20N2O4S2. The van der Waals surface area contributed by atoms with Crippen LogP contribution < -0.4 is 4.72 Å². The van der Waals surface area contributed by atoms with Crippen LogP contribution in [-0.2, 0) is 15.0 Å². The SMILES string of the molecule is CCC1SCC(C(=O)O)N1S(=O)(=O)NC(C)(C)C. The van der Waals surface area contributed by atoms with Gasteiger partial charge in [-0.15, -0.1) is 11.8 Å². The lowest BCUT2D eigenvalue weighted by atomic mass is 10.1. The third kappa shape index (κ3) is 3.59. The summed E-state index contributed by atoms with van der Waals surface area (Å²) < 4.78 is 28.1. The lowest BCUT2D eigenvalue weighted by Crippen LogP contribution is -2.54. The molecule has 0 saturated carbocycles. The Balaban J connectivity index is 3.05. The highest BCUT2D eigenvalue weighted by atomic mass is 32.2. The number of hydrogen-bond acceptors (Lipinski definition) is 4. The summed E-state index contributed by atoms with van der Waals surface area (Å²) in [5.41, 5.74) is -0.632. The van der Waals surface area contributed by atoms with Crippen LogP contribution >= 0.6 is 11.8 Å². The Morgan fingerprint density at radius 3 is 2.44 bits per heavy atom. The van der Waals surface area contributed by atoms with E-state index in [4.69, 9.17) is 5.11 Å². The third-order valence-electron chi connectivity index (χ3n) is 2.38. The average Bonchev–Trinajstić information content (AvgIpc) is 2.57.